The van der Waals surface area contributed by atoms with Crippen molar-refractivity contribution in [3.05, 3.63) is 29.8 Å². The molecule has 3 aliphatic heterocycles. The zero-order valence-corrected chi connectivity index (χ0v) is 13.3. The number of hydrogen-bond acceptors (Lipinski definition) is 3. The summed E-state index contributed by atoms with van der Waals surface area (Å²) >= 11 is 0. The third-order valence-electron chi connectivity index (χ3n) is 5.45. The molecule has 1 aromatic rings. The Kier molecular flexibility index (Phi) is 3.81. The van der Waals surface area contributed by atoms with Crippen LogP contribution in [0.2, 0.25) is 0 Å². The number of rotatable bonds is 1. The Hall–Kier alpha value is -1.88. The smallest absolute Gasteiger partial charge is 0.230 e. The van der Waals surface area contributed by atoms with Crippen molar-refractivity contribution in [3.63, 3.8) is 0 Å². The zero-order valence-electron chi connectivity index (χ0n) is 13.3. The molecule has 0 radical (unpaired) electrons. The predicted molar refractivity (Wildman–Crippen MR) is 88.2 cm³/mol. The number of carbonyl (C=O) groups is 2. The molecule has 3 heterocycles. The molecule has 1 aromatic carbocycles. The molecular formula is C18H23N3O2. The summed E-state index contributed by atoms with van der Waals surface area (Å²) in [5.74, 6) is -0.258. The maximum Gasteiger partial charge on any atom is 0.230 e. The van der Waals surface area contributed by atoms with E-state index in [1.54, 1.807) is 0 Å². The van der Waals surface area contributed by atoms with E-state index in [0.717, 1.165) is 30.9 Å². The Bertz CT molecular complexity index is 630. The molecule has 1 N–H and O–H groups in total. The second-order valence-corrected chi connectivity index (χ2v) is 6.86. The number of piperidine rings is 1. The van der Waals surface area contributed by atoms with Gasteiger partial charge in [0.15, 0.2) is 0 Å². The molecule has 3 aliphatic rings. The topological polar surface area (TPSA) is 52.7 Å². The number of piperazine rings is 1. The van der Waals surface area contributed by atoms with E-state index >= 15 is 0 Å². The van der Waals surface area contributed by atoms with Crippen LogP contribution in [0.15, 0.2) is 24.3 Å². The van der Waals surface area contributed by atoms with Crippen LogP contribution in [0.5, 0.6) is 0 Å². The van der Waals surface area contributed by atoms with E-state index < -0.39 is 0 Å². The van der Waals surface area contributed by atoms with Crippen molar-refractivity contribution in [1.82, 2.24) is 9.80 Å². The molecule has 0 bridgehead atoms. The van der Waals surface area contributed by atoms with E-state index in [2.05, 4.69) is 10.2 Å². The largest absolute Gasteiger partial charge is 0.339 e. The van der Waals surface area contributed by atoms with Crippen molar-refractivity contribution in [2.24, 2.45) is 0 Å². The fourth-order valence-electron chi connectivity index (χ4n) is 4.21. The number of nitrogens with one attached hydrogen (secondary N) is 1. The number of benzene rings is 1. The van der Waals surface area contributed by atoms with Crippen LogP contribution in [0, 0.1) is 0 Å². The first-order chi connectivity index (χ1) is 11.2. The summed E-state index contributed by atoms with van der Waals surface area (Å²) in [6.45, 7) is 3.74. The Balaban J connectivity index is 1.54. The van der Waals surface area contributed by atoms with Gasteiger partial charge in [0.1, 0.15) is 0 Å². The van der Waals surface area contributed by atoms with Gasteiger partial charge in [0.2, 0.25) is 11.8 Å². The molecule has 5 heteroatoms. The van der Waals surface area contributed by atoms with Crippen LogP contribution >= 0.6 is 0 Å². The molecule has 2 atom stereocenters. The Morgan fingerprint density at radius 2 is 2.00 bits per heavy atom. The van der Waals surface area contributed by atoms with Crippen LogP contribution in [-0.4, -0.2) is 53.8 Å². The van der Waals surface area contributed by atoms with Gasteiger partial charge in [-0.3, -0.25) is 14.5 Å². The summed E-state index contributed by atoms with van der Waals surface area (Å²) in [5, 5.41) is 2.88. The van der Waals surface area contributed by atoms with Gasteiger partial charge in [0.05, 0.1) is 5.92 Å². The van der Waals surface area contributed by atoms with Crippen molar-refractivity contribution in [3.8, 4) is 0 Å². The van der Waals surface area contributed by atoms with Crippen molar-refractivity contribution in [1.29, 1.82) is 0 Å². The van der Waals surface area contributed by atoms with Gasteiger partial charge in [0, 0.05) is 37.8 Å². The standard InChI is InChI=1S/C18H23N3O2/c22-17-11-15(14-6-1-2-7-16(14)19-17)18(23)21-10-9-20-8-4-3-5-13(20)12-21/h1-2,6-7,13,15H,3-5,8-12H2,(H,19,22)/t13-,15+/m1/s1. The van der Waals surface area contributed by atoms with E-state index in [1.165, 1.54) is 25.8 Å². The van der Waals surface area contributed by atoms with Gasteiger partial charge in [-0.15, -0.1) is 0 Å². The summed E-state index contributed by atoms with van der Waals surface area (Å²) < 4.78 is 0. The molecule has 0 spiro atoms. The number of carbonyl (C=O) groups excluding carboxylic acids is 2. The minimum Gasteiger partial charge on any atom is -0.339 e. The lowest BCUT2D eigenvalue weighted by Crippen LogP contribution is -2.57. The fraction of sp³-hybridized carbons (Fsp3) is 0.556. The summed E-state index contributed by atoms with van der Waals surface area (Å²) in [6.07, 6.45) is 3.99. The molecule has 0 aliphatic carbocycles. The lowest BCUT2D eigenvalue weighted by molar-refractivity contribution is -0.138. The van der Waals surface area contributed by atoms with Gasteiger partial charge in [-0.05, 0) is 31.0 Å². The quantitative estimate of drug-likeness (QED) is 0.860. The average molecular weight is 313 g/mol. The van der Waals surface area contributed by atoms with E-state index in [-0.39, 0.29) is 24.2 Å². The van der Waals surface area contributed by atoms with E-state index in [1.807, 2.05) is 29.2 Å². The first-order valence-electron chi connectivity index (χ1n) is 8.64. The van der Waals surface area contributed by atoms with E-state index in [4.69, 9.17) is 0 Å². The fourth-order valence-corrected chi connectivity index (χ4v) is 4.21. The van der Waals surface area contributed by atoms with Gasteiger partial charge in [0.25, 0.3) is 0 Å². The first kappa shape index (κ1) is 14.7. The summed E-state index contributed by atoms with van der Waals surface area (Å²) in [6, 6.07) is 8.19. The monoisotopic (exact) mass is 313 g/mol. The number of para-hydroxylation sites is 1. The Labute approximate surface area is 136 Å². The third kappa shape index (κ3) is 2.74. The van der Waals surface area contributed by atoms with Crippen LogP contribution in [0.4, 0.5) is 5.69 Å². The molecule has 0 aromatic heterocycles. The summed E-state index contributed by atoms with van der Waals surface area (Å²) in [5.41, 5.74) is 1.75. The van der Waals surface area contributed by atoms with Gasteiger partial charge in [-0.1, -0.05) is 24.6 Å². The van der Waals surface area contributed by atoms with Crippen molar-refractivity contribution < 1.29 is 9.59 Å². The molecule has 4 rings (SSSR count). The molecule has 23 heavy (non-hydrogen) atoms. The highest BCUT2D eigenvalue weighted by Gasteiger charge is 2.37. The molecule has 0 unspecified atom stereocenters. The van der Waals surface area contributed by atoms with E-state index in [0.29, 0.717) is 6.04 Å². The lowest BCUT2D eigenvalue weighted by Gasteiger charge is -2.45. The molecule has 5 nitrogen and oxygen atoms in total. The molecular weight excluding hydrogens is 290 g/mol. The molecule has 0 saturated carbocycles. The second kappa shape index (κ2) is 5.96. The summed E-state index contributed by atoms with van der Waals surface area (Å²) in [4.78, 5) is 29.5. The SMILES string of the molecule is O=C1C[C@H](C(=O)N2CCN3CCCC[C@@H]3C2)c2ccccc2N1. The van der Waals surface area contributed by atoms with Crippen molar-refractivity contribution in [2.45, 2.75) is 37.6 Å². The van der Waals surface area contributed by atoms with Crippen LogP contribution in [0.3, 0.4) is 0 Å². The predicted octanol–water partition coefficient (Wildman–Crippen LogP) is 1.81. The lowest BCUT2D eigenvalue weighted by atomic mass is 9.88. The highest BCUT2D eigenvalue weighted by atomic mass is 16.2. The van der Waals surface area contributed by atoms with Crippen LogP contribution in [0.25, 0.3) is 0 Å². The molecule has 122 valence electrons. The van der Waals surface area contributed by atoms with Crippen LogP contribution < -0.4 is 5.32 Å². The molecule has 2 saturated heterocycles. The number of anilines is 1. The highest BCUT2D eigenvalue weighted by Crippen LogP contribution is 2.34. The average Bonchev–Trinajstić information content (AvgIpc) is 2.60. The van der Waals surface area contributed by atoms with Crippen LogP contribution in [-0.2, 0) is 9.59 Å². The maximum atomic E-state index is 13.1. The second-order valence-electron chi connectivity index (χ2n) is 6.86. The number of hydrogen-bond donors (Lipinski definition) is 1. The van der Waals surface area contributed by atoms with Gasteiger partial charge < -0.3 is 10.2 Å². The molecule has 2 amide bonds. The normalized spacial score (nSPS) is 27.8. The number of amides is 2. The highest BCUT2D eigenvalue weighted by molar-refractivity contribution is 6.01. The van der Waals surface area contributed by atoms with E-state index in [9.17, 15) is 9.59 Å². The Morgan fingerprint density at radius 1 is 1.13 bits per heavy atom. The van der Waals surface area contributed by atoms with Gasteiger partial charge in [-0.2, -0.15) is 0 Å². The minimum atomic E-state index is -0.324. The third-order valence-corrected chi connectivity index (χ3v) is 5.45. The van der Waals surface area contributed by atoms with Crippen molar-refractivity contribution in [2.75, 3.05) is 31.5 Å². The van der Waals surface area contributed by atoms with Crippen molar-refractivity contribution >= 4 is 17.5 Å². The van der Waals surface area contributed by atoms with Gasteiger partial charge in [-0.25, -0.2) is 0 Å². The number of nitrogens with zero attached hydrogens (tertiary/aromatic N) is 2. The van der Waals surface area contributed by atoms with Crippen LogP contribution in [0.1, 0.15) is 37.2 Å². The molecule has 2 fully saturated rings. The zero-order chi connectivity index (χ0) is 15.8. The number of fused-ring (bicyclic) bond motifs is 2. The first-order valence-corrected chi connectivity index (χ1v) is 8.64. The van der Waals surface area contributed by atoms with Gasteiger partial charge >= 0.3 is 0 Å². The maximum absolute atomic E-state index is 13.1. The summed E-state index contributed by atoms with van der Waals surface area (Å²) in [7, 11) is 0. The minimum absolute atomic E-state index is 0.0571. The Morgan fingerprint density at radius 3 is 2.91 bits per heavy atom.